The van der Waals surface area contributed by atoms with Crippen LogP contribution in [0.5, 0.6) is 11.6 Å². The summed E-state index contributed by atoms with van der Waals surface area (Å²) in [4.78, 5) is 8.62. The zero-order valence-electron chi connectivity index (χ0n) is 10.8. The molecule has 0 aliphatic heterocycles. The van der Waals surface area contributed by atoms with E-state index in [1.807, 2.05) is 37.3 Å². The van der Waals surface area contributed by atoms with Crippen molar-refractivity contribution < 1.29 is 4.74 Å². The summed E-state index contributed by atoms with van der Waals surface area (Å²) in [7, 11) is 0. The summed E-state index contributed by atoms with van der Waals surface area (Å²) in [6.45, 7) is 1.94. The smallest absolute Gasteiger partial charge is 0.222 e. The number of anilines is 1. The molecular weight excluding hydrogens is 318 g/mol. The van der Waals surface area contributed by atoms with Crippen molar-refractivity contribution in [3.63, 3.8) is 0 Å². The summed E-state index contributed by atoms with van der Waals surface area (Å²) in [5.74, 6) is 1.21. The Morgan fingerprint density at radius 3 is 2.85 bits per heavy atom. The van der Waals surface area contributed by atoms with Crippen LogP contribution >= 0.6 is 15.9 Å². The third-order valence-corrected chi connectivity index (χ3v) is 3.40. The molecule has 0 spiro atoms. The highest BCUT2D eigenvalue weighted by molar-refractivity contribution is 9.10. The molecule has 0 saturated heterocycles. The number of aromatic nitrogens is 2. The minimum atomic E-state index is 0.560. The minimum Gasteiger partial charge on any atom is -0.436 e. The largest absolute Gasteiger partial charge is 0.436 e. The number of hydrogen-bond acceptors (Lipinski definition) is 4. The van der Waals surface area contributed by atoms with Crippen LogP contribution in [0.3, 0.4) is 0 Å². The van der Waals surface area contributed by atoms with Gasteiger partial charge in [0.15, 0.2) is 5.75 Å². The van der Waals surface area contributed by atoms with Crippen LogP contribution in [-0.4, -0.2) is 9.97 Å². The van der Waals surface area contributed by atoms with Gasteiger partial charge in [0, 0.05) is 33.5 Å². The standard InChI is InChI=1S/C15H12BrN3O/c1-9-7-10(16)8-19-15(9)20-13-5-4-12(17)11-3-2-6-18-14(11)13/h2-8H,17H2,1H3. The number of aryl methyl sites for hydroxylation is 1. The van der Waals surface area contributed by atoms with Crippen LogP contribution in [-0.2, 0) is 0 Å². The molecule has 0 amide bonds. The number of fused-ring (bicyclic) bond motifs is 1. The molecule has 0 aliphatic carbocycles. The van der Waals surface area contributed by atoms with E-state index >= 15 is 0 Å². The SMILES string of the molecule is Cc1cc(Br)cnc1Oc1ccc(N)c2cccnc12. The zero-order valence-corrected chi connectivity index (χ0v) is 12.4. The first-order valence-corrected chi connectivity index (χ1v) is 6.87. The number of rotatable bonds is 2. The van der Waals surface area contributed by atoms with E-state index in [0.29, 0.717) is 17.3 Å². The normalized spacial score (nSPS) is 10.7. The van der Waals surface area contributed by atoms with Crippen LogP contribution in [0.25, 0.3) is 10.9 Å². The van der Waals surface area contributed by atoms with Crippen LogP contribution in [0.15, 0.2) is 47.2 Å². The number of hydrogen-bond donors (Lipinski definition) is 1. The molecular formula is C15H12BrN3O. The Labute approximate surface area is 124 Å². The highest BCUT2D eigenvalue weighted by atomic mass is 79.9. The third kappa shape index (κ3) is 2.32. The second-order valence-electron chi connectivity index (χ2n) is 4.43. The number of pyridine rings is 2. The fourth-order valence-electron chi connectivity index (χ4n) is 1.99. The fraction of sp³-hybridized carbons (Fsp3) is 0.0667. The molecule has 100 valence electrons. The molecule has 5 heteroatoms. The van der Waals surface area contributed by atoms with Gasteiger partial charge in [-0.2, -0.15) is 0 Å². The molecule has 2 aromatic heterocycles. The lowest BCUT2D eigenvalue weighted by atomic mass is 10.1. The van der Waals surface area contributed by atoms with Gasteiger partial charge in [-0.1, -0.05) is 0 Å². The maximum Gasteiger partial charge on any atom is 0.222 e. The summed E-state index contributed by atoms with van der Waals surface area (Å²) in [6, 6.07) is 9.36. The summed E-state index contributed by atoms with van der Waals surface area (Å²) in [5, 5.41) is 0.875. The van der Waals surface area contributed by atoms with Gasteiger partial charge in [0.1, 0.15) is 5.52 Å². The summed E-state index contributed by atoms with van der Waals surface area (Å²) < 4.78 is 6.80. The van der Waals surface area contributed by atoms with Gasteiger partial charge in [-0.05, 0) is 53.2 Å². The maximum absolute atomic E-state index is 5.95. The molecule has 0 fully saturated rings. The molecule has 2 heterocycles. The Kier molecular flexibility index (Phi) is 3.28. The van der Waals surface area contributed by atoms with Crippen molar-refractivity contribution in [1.82, 2.24) is 9.97 Å². The number of benzene rings is 1. The molecule has 1 aromatic carbocycles. The van der Waals surface area contributed by atoms with Gasteiger partial charge >= 0.3 is 0 Å². The molecule has 0 bridgehead atoms. The fourth-order valence-corrected chi connectivity index (χ4v) is 2.44. The maximum atomic E-state index is 5.95. The van der Waals surface area contributed by atoms with Crippen molar-refractivity contribution in [3.8, 4) is 11.6 Å². The van der Waals surface area contributed by atoms with Crippen molar-refractivity contribution >= 4 is 32.5 Å². The van der Waals surface area contributed by atoms with Crippen molar-refractivity contribution in [1.29, 1.82) is 0 Å². The molecule has 3 rings (SSSR count). The van der Waals surface area contributed by atoms with Crippen molar-refractivity contribution in [2.45, 2.75) is 6.92 Å². The lowest BCUT2D eigenvalue weighted by molar-refractivity contribution is 0.463. The van der Waals surface area contributed by atoms with E-state index in [1.165, 1.54) is 0 Å². The second kappa shape index (κ2) is 5.09. The molecule has 20 heavy (non-hydrogen) atoms. The number of nitrogen functional groups attached to an aromatic ring is 1. The van der Waals surface area contributed by atoms with Crippen LogP contribution < -0.4 is 10.5 Å². The zero-order chi connectivity index (χ0) is 14.1. The Morgan fingerprint density at radius 1 is 1.20 bits per heavy atom. The number of nitrogens with zero attached hydrogens (tertiary/aromatic N) is 2. The molecule has 0 atom stereocenters. The van der Waals surface area contributed by atoms with E-state index in [-0.39, 0.29) is 0 Å². The monoisotopic (exact) mass is 329 g/mol. The lowest BCUT2D eigenvalue weighted by Crippen LogP contribution is -1.95. The summed E-state index contributed by atoms with van der Waals surface area (Å²) in [5.41, 5.74) is 8.31. The van der Waals surface area contributed by atoms with Gasteiger partial charge in [-0.15, -0.1) is 0 Å². The van der Waals surface area contributed by atoms with Gasteiger partial charge < -0.3 is 10.5 Å². The molecule has 0 unspecified atom stereocenters. The lowest BCUT2D eigenvalue weighted by Gasteiger charge is -2.10. The molecule has 4 nitrogen and oxygen atoms in total. The predicted molar refractivity (Wildman–Crippen MR) is 82.9 cm³/mol. The van der Waals surface area contributed by atoms with E-state index in [9.17, 15) is 0 Å². The average molecular weight is 330 g/mol. The van der Waals surface area contributed by atoms with Gasteiger partial charge in [-0.3, -0.25) is 4.98 Å². The second-order valence-corrected chi connectivity index (χ2v) is 5.35. The summed E-state index contributed by atoms with van der Waals surface area (Å²) >= 11 is 3.38. The van der Waals surface area contributed by atoms with E-state index in [1.54, 1.807) is 12.4 Å². The van der Waals surface area contributed by atoms with Crippen molar-refractivity contribution in [2.75, 3.05) is 5.73 Å². The molecule has 0 aliphatic rings. The number of halogens is 1. The van der Waals surface area contributed by atoms with E-state index < -0.39 is 0 Å². The molecule has 2 N–H and O–H groups in total. The van der Waals surface area contributed by atoms with E-state index in [0.717, 1.165) is 20.9 Å². The first-order chi connectivity index (χ1) is 9.65. The van der Waals surface area contributed by atoms with E-state index in [4.69, 9.17) is 10.5 Å². The van der Waals surface area contributed by atoms with Gasteiger partial charge in [0.2, 0.25) is 5.88 Å². The average Bonchev–Trinajstić information content (AvgIpc) is 2.45. The highest BCUT2D eigenvalue weighted by Gasteiger charge is 2.09. The van der Waals surface area contributed by atoms with Crippen molar-refractivity contribution in [2.24, 2.45) is 0 Å². The molecule has 0 radical (unpaired) electrons. The number of nitrogens with two attached hydrogens (primary N) is 1. The Balaban J connectivity index is 2.09. The topological polar surface area (TPSA) is 61.0 Å². The van der Waals surface area contributed by atoms with Crippen LogP contribution in [0.4, 0.5) is 5.69 Å². The number of ether oxygens (including phenoxy) is 1. The Hall–Kier alpha value is -2.14. The summed E-state index contributed by atoms with van der Waals surface area (Å²) in [6.07, 6.45) is 3.42. The van der Waals surface area contributed by atoms with Crippen LogP contribution in [0.2, 0.25) is 0 Å². The van der Waals surface area contributed by atoms with Crippen molar-refractivity contribution in [3.05, 3.63) is 52.8 Å². The highest BCUT2D eigenvalue weighted by Crippen LogP contribution is 2.32. The first kappa shape index (κ1) is 12.9. The molecule has 0 saturated carbocycles. The Bertz CT molecular complexity index is 789. The van der Waals surface area contributed by atoms with E-state index in [2.05, 4.69) is 25.9 Å². The minimum absolute atomic E-state index is 0.560. The van der Waals surface area contributed by atoms with Gasteiger partial charge in [0.25, 0.3) is 0 Å². The van der Waals surface area contributed by atoms with Crippen LogP contribution in [0.1, 0.15) is 5.56 Å². The van der Waals surface area contributed by atoms with Gasteiger partial charge in [-0.25, -0.2) is 4.98 Å². The predicted octanol–water partition coefficient (Wildman–Crippen LogP) is 4.08. The molecule has 3 aromatic rings. The van der Waals surface area contributed by atoms with Gasteiger partial charge in [0.05, 0.1) is 0 Å². The third-order valence-electron chi connectivity index (χ3n) is 2.97. The quantitative estimate of drug-likeness (QED) is 0.720. The Morgan fingerprint density at radius 2 is 2.05 bits per heavy atom. The van der Waals surface area contributed by atoms with Crippen LogP contribution in [0, 0.1) is 6.92 Å². The first-order valence-electron chi connectivity index (χ1n) is 6.08.